The van der Waals surface area contributed by atoms with Gasteiger partial charge in [0.25, 0.3) is 0 Å². The molecule has 4 radical (unpaired) electrons. The fourth-order valence-electron chi connectivity index (χ4n) is 0.498. The van der Waals surface area contributed by atoms with Crippen molar-refractivity contribution in [2.45, 2.75) is 0 Å². The number of halogens is 2. The van der Waals surface area contributed by atoms with Gasteiger partial charge in [-0.15, -0.1) is 0 Å². The van der Waals surface area contributed by atoms with Crippen molar-refractivity contribution in [3.8, 4) is 0 Å². The van der Waals surface area contributed by atoms with Gasteiger partial charge in [0.15, 0.2) is 0 Å². The average molecular weight is 212 g/mol. The number of nitrogens with zero attached hydrogens (tertiary/aromatic N) is 1. The van der Waals surface area contributed by atoms with Gasteiger partial charge < -0.3 is 0 Å². The molecule has 1 heterocycles. The minimum atomic E-state index is 0.265. The predicted molar refractivity (Wildman–Crippen MR) is 47.7 cm³/mol. The van der Waals surface area contributed by atoms with E-state index in [4.69, 9.17) is 27.3 Å². The third-order valence-electron chi connectivity index (χ3n) is 1.03. The monoisotopic (exact) mass is 211 g/mol. The van der Waals surface area contributed by atoms with E-state index in [1.54, 1.807) is 0 Å². The summed E-state index contributed by atoms with van der Waals surface area (Å²) in [6, 6.07) is 0. The molecule has 5 heteroatoms. The molecule has 0 atom stereocenters. The summed E-state index contributed by atoms with van der Waals surface area (Å²) in [6.07, 6.45) is 1.45. The highest BCUT2D eigenvalue weighted by Crippen LogP contribution is 2.05. The van der Waals surface area contributed by atoms with Crippen LogP contribution < -0.4 is 10.9 Å². The molecule has 0 unspecified atom stereocenters. The molecule has 1 nitrogen and oxygen atoms in total. The summed E-state index contributed by atoms with van der Waals surface area (Å²) in [5, 5.41) is 0.265. The maximum absolute atomic E-state index is 5.56. The number of rotatable bonds is 0. The maximum atomic E-state index is 5.56. The van der Waals surface area contributed by atoms with E-state index < -0.39 is 0 Å². The molecule has 0 aliphatic heterocycles. The second-order valence-electron chi connectivity index (χ2n) is 1.73. The Bertz CT molecular complexity index is 239. The summed E-state index contributed by atoms with van der Waals surface area (Å²) in [5.74, 6) is 0. The van der Waals surface area contributed by atoms with Crippen LogP contribution in [0.4, 0.5) is 0 Å². The topological polar surface area (TPSA) is 12.9 Å². The Morgan fingerprint density at radius 2 is 2.10 bits per heavy atom. The Morgan fingerprint density at radius 3 is 2.60 bits per heavy atom. The van der Waals surface area contributed by atoms with Crippen LogP contribution in [0, 0.1) is 0 Å². The molecule has 0 bridgehead atoms. The molecule has 10 heavy (non-hydrogen) atoms. The Morgan fingerprint density at radius 1 is 1.50 bits per heavy atom. The van der Waals surface area contributed by atoms with Crippen molar-refractivity contribution in [1.29, 1.82) is 0 Å². The highest BCUT2D eigenvalue weighted by Gasteiger charge is 2.01. The Labute approximate surface area is 75.1 Å². The molecule has 0 saturated carbocycles. The Kier molecular flexibility index (Phi) is 2.42. The van der Waals surface area contributed by atoms with E-state index in [2.05, 4.69) is 20.9 Å². The second-order valence-corrected chi connectivity index (χ2v) is 2.88. The van der Waals surface area contributed by atoms with Crippen LogP contribution in [0.15, 0.2) is 10.7 Å². The van der Waals surface area contributed by atoms with Crippen molar-refractivity contribution in [1.82, 2.24) is 4.98 Å². The SMILES string of the molecule is [B]c1cnc(Cl)c([B])c1Br. The predicted octanol–water partition coefficient (Wildman–Crippen LogP) is 0.0851. The van der Waals surface area contributed by atoms with E-state index in [9.17, 15) is 0 Å². The third kappa shape index (κ3) is 1.38. The summed E-state index contributed by atoms with van der Waals surface area (Å²) in [5.41, 5.74) is 0.864. The van der Waals surface area contributed by atoms with Crippen molar-refractivity contribution in [3.63, 3.8) is 0 Å². The lowest BCUT2D eigenvalue weighted by molar-refractivity contribution is 1.36. The molecule has 1 aromatic rings. The zero-order chi connectivity index (χ0) is 7.72. The van der Waals surface area contributed by atoms with Gasteiger partial charge in [-0.2, -0.15) is 0 Å². The maximum Gasteiger partial charge on any atom is 0.123 e. The molecule has 0 amide bonds. The smallest absolute Gasteiger partial charge is 0.123 e. The largest absolute Gasteiger partial charge is 0.246 e. The van der Waals surface area contributed by atoms with Gasteiger partial charge >= 0.3 is 0 Å². The van der Waals surface area contributed by atoms with Crippen LogP contribution in [0.3, 0.4) is 0 Å². The molecule has 0 aromatic carbocycles. The molecule has 0 aliphatic rings. The first-order chi connectivity index (χ1) is 4.63. The minimum Gasteiger partial charge on any atom is -0.246 e. The summed E-state index contributed by atoms with van der Waals surface area (Å²) in [6.45, 7) is 0. The van der Waals surface area contributed by atoms with Crippen LogP contribution in [0.2, 0.25) is 5.15 Å². The fraction of sp³-hybridized carbons (Fsp3) is 0. The second kappa shape index (κ2) is 2.97. The van der Waals surface area contributed by atoms with Crippen LogP contribution in [0.1, 0.15) is 0 Å². The van der Waals surface area contributed by atoms with Gasteiger partial charge in [0, 0.05) is 10.7 Å². The minimum absolute atomic E-state index is 0.265. The van der Waals surface area contributed by atoms with E-state index in [1.165, 1.54) is 6.20 Å². The van der Waals surface area contributed by atoms with Gasteiger partial charge in [-0.05, 0) is 5.46 Å². The molecule has 1 aromatic heterocycles. The van der Waals surface area contributed by atoms with E-state index in [-0.39, 0.29) is 5.15 Å². The van der Waals surface area contributed by atoms with Gasteiger partial charge in [0.2, 0.25) is 0 Å². The molecule has 1 rings (SSSR count). The average Bonchev–Trinajstić information content (AvgIpc) is 1.93. The highest BCUT2D eigenvalue weighted by atomic mass is 79.9. The normalized spacial score (nSPS) is 9.80. The van der Waals surface area contributed by atoms with Crippen LogP contribution in [0.5, 0.6) is 0 Å². The molecule has 0 saturated heterocycles. The fourth-order valence-corrected chi connectivity index (χ4v) is 1.05. The van der Waals surface area contributed by atoms with Crippen molar-refractivity contribution < 1.29 is 0 Å². The lowest BCUT2D eigenvalue weighted by Crippen LogP contribution is -2.19. The molecule has 0 aliphatic carbocycles. The van der Waals surface area contributed by atoms with Crippen LogP contribution in [-0.4, -0.2) is 20.7 Å². The van der Waals surface area contributed by atoms with Gasteiger partial charge in [-0.1, -0.05) is 33.0 Å². The first kappa shape index (κ1) is 8.15. The molecule has 0 N–H and O–H groups in total. The lowest BCUT2D eigenvalue weighted by atomic mass is 9.90. The summed E-state index contributed by atoms with van der Waals surface area (Å²) in [7, 11) is 10.9. The summed E-state index contributed by atoms with van der Waals surface area (Å²) >= 11 is 8.72. The molecule has 0 fully saturated rings. The summed E-state index contributed by atoms with van der Waals surface area (Å²) < 4.78 is 0.604. The van der Waals surface area contributed by atoms with Crippen LogP contribution in [-0.2, 0) is 0 Å². The number of hydrogen-bond donors (Lipinski definition) is 0. The Hall–Kier alpha value is 0.0499. The van der Waals surface area contributed by atoms with Gasteiger partial charge in [-0.3, -0.25) is 0 Å². The first-order valence-corrected chi connectivity index (χ1v) is 3.65. The standard InChI is InChI=1S/C5HB2BrClN/c6-2-1-10-5(9)3(7)4(2)8/h1H. The quantitative estimate of drug-likeness (QED) is 0.438. The van der Waals surface area contributed by atoms with Crippen molar-refractivity contribution >= 4 is 54.1 Å². The van der Waals surface area contributed by atoms with Crippen LogP contribution in [0.25, 0.3) is 0 Å². The number of hydrogen-bond acceptors (Lipinski definition) is 1. The third-order valence-corrected chi connectivity index (χ3v) is 2.22. The van der Waals surface area contributed by atoms with Crippen molar-refractivity contribution in [3.05, 3.63) is 15.8 Å². The van der Waals surface area contributed by atoms with E-state index in [0.29, 0.717) is 15.4 Å². The van der Waals surface area contributed by atoms with Gasteiger partial charge in [0.05, 0.1) is 0 Å². The first-order valence-electron chi connectivity index (χ1n) is 2.48. The molecular formula is C5HB2BrClN. The molecular weight excluding hydrogens is 211 g/mol. The number of aromatic nitrogens is 1. The zero-order valence-corrected chi connectivity index (χ0v) is 7.28. The van der Waals surface area contributed by atoms with E-state index in [0.717, 1.165) is 0 Å². The zero-order valence-electron chi connectivity index (χ0n) is 4.94. The molecule has 46 valence electrons. The van der Waals surface area contributed by atoms with Crippen LogP contribution >= 0.6 is 27.5 Å². The van der Waals surface area contributed by atoms with Gasteiger partial charge in [-0.25, -0.2) is 4.98 Å². The van der Waals surface area contributed by atoms with Crippen molar-refractivity contribution in [2.24, 2.45) is 0 Å². The van der Waals surface area contributed by atoms with Gasteiger partial charge in [0.1, 0.15) is 20.8 Å². The highest BCUT2D eigenvalue weighted by molar-refractivity contribution is 9.10. The lowest BCUT2D eigenvalue weighted by Gasteiger charge is -2.02. The summed E-state index contributed by atoms with van der Waals surface area (Å²) in [4.78, 5) is 3.72. The van der Waals surface area contributed by atoms with Crippen molar-refractivity contribution in [2.75, 3.05) is 0 Å². The Balaban J connectivity index is 3.34. The molecule has 0 spiro atoms. The van der Waals surface area contributed by atoms with E-state index >= 15 is 0 Å². The van der Waals surface area contributed by atoms with E-state index in [1.807, 2.05) is 0 Å². The number of pyridine rings is 1.